The summed E-state index contributed by atoms with van der Waals surface area (Å²) in [5, 5.41) is 22.9. The van der Waals surface area contributed by atoms with Gasteiger partial charge in [0.15, 0.2) is 0 Å². The lowest BCUT2D eigenvalue weighted by atomic mass is 9.52. The first-order valence-corrected chi connectivity index (χ1v) is 12.6. The third-order valence-corrected chi connectivity index (χ3v) is 9.10. The fourth-order valence-corrected chi connectivity index (χ4v) is 7.09. The Labute approximate surface area is 191 Å². The minimum atomic E-state index is -0.722. The number of piperidine rings is 1. The molecule has 2 saturated heterocycles. The van der Waals surface area contributed by atoms with E-state index in [-0.39, 0.29) is 11.5 Å². The van der Waals surface area contributed by atoms with Crippen molar-refractivity contribution >= 4 is 0 Å². The van der Waals surface area contributed by atoms with E-state index in [1.54, 1.807) is 0 Å². The minimum Gasteiger partial charge on any atom is -0.508 e. The first kappa shape index (κ1) is 20.8. The second kappa shape index (κ2) is 7.61. The third-order valence-electron chi connectivity index (χ3n) is 9.10. The van der Waals surface area contributed by atoms with Crippen LogP contribution in [-0.4, -0.2) is 68.9 Å². The SMILES string of the molecule is Cc1ccn(CCN2CC[C@]34CCN(CC5CC5)[C@H](Cc5ccc(O)cc53)[C@]4(O)CC2)c1. The molecule has 2 aliphatic carbocycles. The van der Waals surface area contributed by atoms with Crippen LogP contribution in [0.1, 0.15) is 48.8 Å². The molecule has 4 aliphatic rings. The fourth-order valence-electron chi connectivity index (χ4n) is 7.09. The van der Waals surface area contributed by atoms with E-state index in [0.717, 1.165) is 70.9 Å². The average Bonchev–Trinajstić information content (AvgIpc) is 3.52. The van der Waals surface area contributed by atoms with E-state index in [1.807, 2.05) is 12.1 Å². The molecule has 2 bridgehead atoms. The van der Waals surface area contributed by atoms with Gasteiger partial charge in [0.2, 0.25) is 0 Å². The number of aromatic nitrogens is 1. The van der Waals surface area contributed by atoms with Crippen molar-refractivity contribution in [2.45, 2.75) is 69.1 Å². The second-order valence-electron chi connectivity index (χ2n) is 11.0. The normalized spacial score (nSPS) is 32.9. The number of rotatable bonds is 5. The summed E-state index contributed by atoms with van der Waals surface area (Å²) in [5.41, 5.74) is 2.91. The highest BCUT2D eigenvalue weighted by atomic mass is 16.3. The smallest absolute Gasteiger partial charge is 0.115 e. The lowest BCUT2D eigenvalue weighted by Crippen LogP contribution is -2.71. The quantitative estimate of drug-likeness (QED) is 0.757. The molecule has 6 rings (SSSR count). The summed E-state index contributed by atoms with van der Waals surface area (Å²) in [5.74, 6) is 1.17. The molecule has 5 heteroatoms. The summed E-state index contributed by atoms with van der Waals surface area (Å²) in [6, 6.07) is 8.30. The van der Waals surface area contributed by atoms with Crippen LogP contribution in [0.4, 0.5) is 0 Å². The Morgan fingerprint density at radius 3 is 2.62 bits per heavy atom. The molecule has 0 amide bonds. The number of likely N-dealkylation sites (tertiary alicyclic amines) is 2. The summed E-state index contributed by atoms with van der Waals surface area (Å²) in [6.07, 6.45) is 10.8. The van der Waals surface area contributed by atoms with Crippen molar-refractivity contribution in [2.75, 3.05) is 32.7 Å². The van der Waals surface area contributed by atoms with Gasteiger partial charge in [0.1, 0.15) is 5.75 Å². The standard InChI is InChI=1S/C27H37N3O2/c1-20-6-10-29(18-20)15-14-28-11-7-26-8-13-30(19-21-2-3-21)25(27(26,32)9-12-28)16-22-4-5-23(31)17-24(22)26/h4-6,10,17-18,21,25,31-32H,2-3,7-9,11-16,19H2,1H3/t25-,26+,27-/m1/s1. The van der Waals surface area contributed by atoms with Crippen molar-refractivity contribution in [3.8, 4) is 5.75 Å². The van der Waals surface area contributed by atoms with Crippen LogP contribution in [-0.2, 0) is 18.4 Å². The molecule has 5 nitrogen and oxygen atoms in total. The number of benzene rings is 1. The summed E-state index contributed by atoms with van der Waals surface area (Å²) in [4.78, 5) is 5.19. The van der Waals surface area contributed by atoms with Crippen LogP contribution in [0.2, 0.25) is 0 Å². The van der Waals surface area contributed by atoms with Crippen molar-refractivity contribution in [2.24, 2.45) is 5.92 Å². The molecule has 32 heavy (non-hydrogen) atoms. The zero-order valence-corrected chi connectivity index (χ0v) is 19.3. The number of nitrogens with zero attached hydrogens (tertiary/aromatic N) is 3. The molecule has 3 atom stereocenters. The highest BCUT2D eigenvalue weighted by Gasteiger charge is 2.63. The number of aryl methyl sites for hydroxylation is 1. The van der Waals surface area contributed by atoms with E-state index < -0.39 is 5.60 Å². The molecule has 0 radical (unpaired) electrons. The lowest BCUT2D eigenvalue weighted by molar-refractivity contribution is -0.149. The molecule has 1 saturated carbocycles. The van der Waals surface area contributed by atoms with E-state index in [0.29, 0.717) is 5.75 Å². The maximum atomic E-state index is 12.5. The van der Waals surface area contributed by atoms with E-state index in [9.17, 15) is 10.2 Å². The molecule has 172 valence electrons. The number of hydrogen-bond donors (Lipinski definition) is 2. The molecule has 2 aliphatic heterocycles. The largest absolute Gasteiger partial charge is 0.508 e. The fraction of sp³-hybridized carbons (Fsp3) is 0.630. The summed E-state index contributed by atoms with van der Waals surface area (Å²) >= 11 is 0. The Balaban J connectivity index is 1.31. The predicted octanol–water partition coefficient (Wildman–Crippen LogP) is 3.31. The van der Waals surface area contributed by atoms with Gasteiger partial charge in [-0.1, -0.05) is 6.07 Å². The van der Waals surface area contributed by atoms with Gasteiger partial charge in [0.05, 0.1) is 5.60 Å². The van der Waals surface area contributed by atoms with Crippen molar-refractivity contribution in [1.82, 2.24) is 14.4 Å². The van der Waals surface area contributed by atoms with Gasteiger partial charge in [-0.25, -0.2) is 0 Å². The zero-order valence-electron chi connectivity index (χ0n) is 19.3. The molecule has 0 unspecified atom stereocenters. The van der Waals surface area contributed by atoms with Crippen LogP contribution in [0.3, 0.4) is 0 Å². The van der Waals surface area contributed by atoms with E-state index in [4.69, 9.17) is 0 Å². The van der Waals surface area contributed by atoms with E-state index in [2.05, 4.69) is 45.8 Å². The van der Waals surface area contributed by atoms with E-state index >= 15 is 0 Å². The van der Waals surface area contributed by atoms with Gasteiger partial charge in [0, 0.05) is 50.0 Å². The molecule has 3 fully saturated rings. The number of hydrogen-bond acceptors (Lipinski definition) is 4. The Hall–Kier alpha value is -1.82. The third kappa shape index (κ3) is 3.32. The highest BCUT2D eigenvalue weighted by Crippen LogP contribution is 2.56. The second-order valence-corrected chi connectivity index (χ2v) is 11.0. The van der Waals surface area contributed by atoms with Crippen LogP contribution < -0.4 is 0 Å². The number of aromatic hydroxyl groups is 1. The topological polar surface area (TPSA) is 51.9 Å². The van der Waals surface area contributed by atoms with Crippen LogP contribution >= 0.6 is 0 Å². The van der Waals surface area contributed by atoms with Crippen molar-refractivity contribution in [3.05, 3.63) is 53.3 Å². The monoisotopic (exact) mass is 435 g/mol. The highest BCUT2D eigenvalue weighted by molar-refractivity contribution is 5.48. The van der Waals surface area contributed by atoms with Gasteiger partial charge in [-0.15, -0.1) is 0 Å². The van der Waals surface area contributed by atoms with Gasteiger partial charge in [0.25, 0.3) is 0 Å². The Kier molecular flexibility index (Phi) is 4.94. The van der Waals surface area contributed by atoms with Gasteiger partial charge in [-0.3, -0.25) is 4.90 Å². The number of aliphatic hydroxyl groups is 1. The maximum Gasteiger partial charge on any atom is 0.115 e. The van der Waals surface area contributed by atoms with Gasteiger partial charge in [-0.2, -0.15) is 0 Å². The first-order valence-electron chi connectivity index (χ1n) is 12.6. The van der Waals surface area contributed by atoms with Crippen LogP contribution in [0.5, 0.6) is 5.75 Å². The predicted molar refractivity (Wildman–Crippen MR) is 126 cm³/mol. The molecule has 2 N–H and O–H groups in total. The Morgan fingerprint density at radius 2 is 1.84 bits per heavy atom. The number of fused-ring (bicyclic) bond motifs is 1. The van der Waals surface area contributed by atoms with Crippen LogP contribution in [0.15, 0.2) is 36.7 Å². The molecular weight excluding hydrogens is 398 g/mol. The Bertz CT molecular complexity index is 999. The van der Waals surface area contributed by atoms with E-state index in [1.165, 1.54) is 29.5 Å². The zero-order chi connectivity index (χ0) is 21.9. The van der Waals surface area contributed by atoms with Gasteiger partial charge in [-0.05, 0) is 99.3 Å². The van der Waals surface area contributed by atoms with Crippen LogP contribution in [0, 0.1) is 12.8 Å². The number of phenolic OH excluding ortho intramolecular Hbond substituents is 1. The average molecular weight is 436 g/mol. The summed E-state index contributed by atoms with van der Waals surface area (Å²) in [7, 11) is 0. The number of phenols is 1. The molecule has 1 aromatic heterocycles. The molecular formula is C27H37N3O2. The molecule has 2 aromatic rings. The van der Waals surface area contributed by atoms with Crippen LogP contribution in [0.25, 0.3) is 0 Å². The maximum absolute atomic E-state index is 12.5. The van der Waals surface area contributed by atoms with Crippen molar-refractivity contribution in [3.63, 3.8) is 0 Å². The lowest BCUT2D eigenvalue weighted by Gasteiger charge is -2.61. The molecule has 1 aromatic carbocycles. The molecule has 0 spiro atoms. The van der Waals surface area contributed by atoms with Crippen molar-refractivity contribution < 1.29 is 10.2 Å². The minimum absolute atomic E-state index is 0.195. The van der Waals surface area contributed by atoms with Crippen molar-refractivity contribution in [1.29, 1.82) is 0 Å². The molecule has 3 heterocycles. The van der Waals surface area contributed by atoms with Gasteiger partial charge >= 0.3 is 0 Å². The van der Waals surface area contributed by atoms with Gasteiger partial charge < -0.3 is 19.7 Å². The first-order chi connectivity index (χ1) is 15.5. The summed E-state index contributed by atoms with van der Waals surface area (Å²) in [6.45, 7) is 8.32. The summed E-state index contributed by atoms with van der Waals surface area (Å²) < 4.78 is 2.28. The Morgan fingerprint density at radius 1 is 1.03 bits per heavy atom.